The lowest BCUT2D eigenvalue weighted by Crippen LogP contribution is -2.24. The second kappa shape index (κ2) is 7.93. The Hall–Kier alpha value is -2.68. The number of hydrogen-bond acceptors (Lipinski definition) is 6. The van der Waals surface area contributed by atoms with Crippen LogP contribution < -0.4 is 5.32 Å². The summed E-state index contributed by atoms with van der Waals surface area (Å²) in [5.41, 5.74) is 1.10. The van der Waals surface area contributed by atoms with Crippen LogP contribution in [-0.4, -0.2) is 31.4 Å². The zero-order chi connectivity index (χ0) is 17.6. The Morgan fingerprint density at radius 2 is 2.32 bits per heavy atom. The minimum Gasteiger partial charge on any atom is -0.351 e. The van der Waals surface area contributed by atoms with Crippen molar-refractivity contribution in [1.82, 2.24) is 25.0 Å². The first-order chi connectivity index (χ1) is 12.1. The molecular weight excluding hydrogens is 345 g/mol. The third-order valence-corrected chi connectivity index (χ3v) is 4.25. The number of benzene rings is 1. The molecule has 0 saturated heterocycles. The van der Waals surface area contributed by atoms with Gasteiger partial charge in [0.1, 0.15) is 5.82 Å². The molecule has 0 atom stereocenters. The van der Waals surface area contributed by atoms with Crippen molar-refractivity contribution < 1.29 is 13.7 Å². The number of carbonyl (C=O) groups is 1. The second-order valence-corrected chi connectivity index (χ2v) is 6.24. The molecule has 1 amide bonds. The zero-order valence-electron chi connectivity index (χ0n) is 13.5. The van der Waals surface area contributed by atoms with E-state index in [1.807, 2.05) is 0 Å². The molecule has 9 heteroatoms. The Balaban J connectivity index is 1.46. The summed E-state index contributed by atoms with van der Waals surface area (Å²) >= 11 is 1.39. The summed E-state index contributed by atoms with van der Waals surface area (Å²) in [6.45, 7) is 1.98. The van der Waals surface area contributed by atoms with Crippen LogP contribution in [0, 0.1) is 12.7 Å². The zero-order valence-corrected chi connectivity index (χ0v) is 14.3. The number of carbonyl (C=O) groups excluding carboxylic acids is 1. The highest BCUT2D eigenvalue weighted by molar-refractivity contribution is 7.99. The Morgan fingerprint density at radius 3 is 3.00 bits per heavy atom. The summed E-state index contributed by atoms with van der Waals surface area (Å²) in [6, 6.07) is 4.84. The molecule has 0 spiro atoms. The van der Waals surface area contributed by atoms with Gasteiger partial charge in [-0.2, -0.15) is 4.98 Å². The van der Waals surface area contributed by atoms with Crippen molar-refractivity contribution in [2.75, 3.05) is 5.75 Å². The van der Waals surface area contributed by atoms with Gasteiger partial charge in [-0.05, 0) is 17.7 Å². The van der Waals surface area contributed by atoms with Crippen molar-refractivity contribution in [1.29, 1.82) is 0 Å². The maximum absolute atomic E-state index is 14.1. The molecule has 0 radical (unpaired) electrons. The fourth-order valence-electron chi connectivity index (χ4n) is 2.16. The normalized spacial score (nSPS) is 10.8. The number of nitrogens with one attached hydrogen (secondary N) is 1. The third kappa shape index (κ3) is 4.66. The van der Waals surface area contributed by atoms with Crippen molar-refractivity contribution in [2.24, 2.45) is 0 Å². The molecule has 3 rings (SSSR count). The third-order valence-electron chi connectivity index (χ3n) is 3.32. The van der Waals surface area contributed by atoms with Gasteiger partial charge in [0.15, 0.2) is 5.82 Å². The van der Waals surface area contributed by atoms with Crippen LogP contribution in [0.25, 0.3) is 5.69 Å². The quantitative estimate of drug-likeness (QED) is 0.695. The van der Waals surface area contributed by atoms with Crippen molar-refractivity contribution in [3.63, 3.8) is 0 Å². The van der Waals surface area contributed by atoms with Gasteiger partial charge in [-0.1, -0.05) is 11.2 Å². The molecular formula is C16H16FN5O2S. The van der Waals surface area contributed by atoms with E-state index >= 15 is 0 Å². The molecule has 130 valence electrons. The van der Waals surface area contributed by atoms with Crippen LogP contribution in [0.3, 0.4) is 0 Å². The minimum atomic E-state index is -0.369. The molecule has 0 saturated carbocycles. The number of rotatable bonds is 7. The van der Waals surface area contributed by atoms with E-state index in [-0.39, 0.29) is 24.0 Å². The van der Waals surface area contributed by atoms with Gasteiger partial charge in [0.2, 0.25) is 11.8 Å². The average Bonchev–Trinajstić information content (AvgIpc) is 3.25. The maximum atomic E-state index is 14.1. The number of aryl methyl sites for hydroxylation is 1. The lowest BCUT2D eigenvalue weighted by Gasteiger charge is -2.08. The van der Waals surface area contributed by atoms with Gasteiger partial charge in [-0.25, -0.2) is 9.37 Å². The first kappa shape index (κ1) is 17.2. The molecule has 1 N–H and O–H groups in total. The number of aromatic nitrogens is 4. The number of halogens is 1. The van der Waals surface area contributed by atoms with Gasteiger partial charge in [0.05, 0.1) is 23.5 Å². The molecule has 0 aliphatic carbocycles. The van der Waals surface area contributed by atoms with Crippen LogP contribution in [0.2, 0.25) is 0 Å². The summed E-state index contributed by atoms with van der Waals surface area (Å²) in [5, 5.41) is 6.52. The summed E-state index contributed by atoms with van der Waals surface area (Å²) in [7, 11) is 0. The SMILES string of the molecule is Cc1nc(CSCC(=O)NCc2ccc(-n3ccnc3)c(F)c2)no1. The standard InChI is InChI=1S/C16H16FN5O2S/c1-11-20-15(21-24-11)8-25-9-16(23)19-7-12-2-3-14(13(17)6-12)22-5-4-18-10-22/h2-6,10H,7-9H2,1H3,(H,19,23). The van der Waals surface area contributed by atoms with Crippen molar-refractivity contribution in [3.05, 3.63) is 60.0 Å². The predicted molar refractivity (Wildman–Crippen MR) is 90.6 cm³/mol. The predicted octanol–water partition coefficient (Wildman–Crippen LogP) is 2.25. The average molecular weight is 361 g/mol. The van der Waals surface area contributed by atoms with E-state index in [1.54, 1.807) is 36.0 Å². The van der Waals surface area contributed by atoms with Gasteiger partial charge in [0.25, 0.3) is 0 Å². The van der Waals surface area contributed by atoms with Crippen LogP contribution in [0.5, 0.6) is 0 Å². The summed E-state index contributed by atoms with van der Waals surface area (Å²) in [6.07, 6.45) is 4.78. The Kier molecular flexibility index (Phi) is 5.44. The first-order valence-electron chi connectivity index (χ1n) is 7.52. The molecule has 2 heterocycles. The van der Waals surface area contributed by atoms with E-state index in [4.69, 9.17) is 4.52 Å². The van der Waals surface area contributed by atoms with Crippen LogP contribution in [0.1, 0.15) is 17.3 Å². The fourth-order valence-corrected chi connectivity index (χ4v) is 2.85. The van der Waals surface area contributed by atoms with Crippen LogP contribution in [0.15, 0.2) is 41.4 Å². The topological polar surface area (TPSA) is 85.8 Å². The Morgan fingerprint density at radius 1 is 1.44 bits per heavy atom. The van der Waals surface area contributed by atoms with E-state index in [1.165, 1.54) is 24.2 Å². The number of nitrogens with zero attached hydrogens (tertiary/aromatic N) is 4. The van der Waals surface area contributed by atoms with E-state index in [0.29, 0.717) is 28.7 Å². The largest absolute Gasteiger partial charge is 0.351 e. The van der Waals surface area contributed by atoms with E-state index in [0.717, 1.165) is 0 Å². The molecule has 0 fully saturated rings. The molecule has 0 bridgehead atoms. The monoisotopic (exact) mass is 361 g/mol. The molecule has 2 aromatic heterocycles. The molecule has 25 heavy (non-hydrogen) atoms. The highest BCUT2D eigenvalue weighted by atomic mass is 32.2. The maximum Gasteiger partial charge on any atom is 0.230 e. The van der Waals surface area contributed by atoms with E-state index in [9.17, 15) is 9.18 Å². The van der Waals surface area contributed by atoms with Crippen LogP contribution in [0.4, 0.5) is 4.39 Å². The molecule has 0 aliphatic heterocycles. The summed E-state index contributed by atoms with van der Waals surface area (Å²) in [4.78, 5) is 19.8. The second-order valence-electron chi connectivity index (χ2n) is 5.25. The van der Waals surface area contributed by atoms with Crippen molar-refractivity contribution in [3.8, 4) is 5.69 Å². The van der Waals surface area contributed by atoms with Gasteiger partial charge < -0.3 is 14.4 Å². The minimum absolute atomic E-state index is 0.135. The van der Waals surface area contributed by atoms with Gasteiger partial charge in [-0.3, -0.25) is 4.79 Å². The molecule has 3 aromatic rings. The fraction of sp³-hybridized carbons (Fsp3) is 0.250. The van der Waals surface area contributed by atoms with Crippen molar-refractivity contribution >= 4 is 17.7 Å². The highest BCUT2D eigenvalue weighted by Crippen LogP contribution is 2.15. The highest BCUT2D eigenvalue weighted by Gasteiger charge is 2.08. The number of imidazole rings is 1. The van der Waals surface area contributed by atoms with Crippen molar-refractivity contribution in [2.45, 2.75) is 19.2 Å². The van der Waals surface area contributed by atoms with Gasteiger partial charge in [0, 0.05) is 25.9 Å². The van der Waals surface area contributed by atoms with Crippen LogP contribution >= 0.6 is 11.8 Å². The summed E-state index contributed by atoms with van der Waals surface area (Å²) in [5.74, 6) is 1.33. The van der Waals surface area contributed by atoms with Gasteiger partial charge in [-0.15, -0.1) is 11.8 Å². The molecule has 0 aliphatic rings. The lowest BCUT2D eigenvalue weighted by molar-refractivity contribution is -0.118. The van der Waals surface area contributed by atoms with E-state index < -0.39 is 0 Å². The first-order valence-corrected chi connectivity index (χ1v) is 8.67. The number of thioether (sulfide) groups is 1. The molecule has 0 unspecified atom stereocenters. The smallest absolute Gasteiger partial charge is 0.230 e. The van der Waals surface area contributed by atoms with Gasteiger partial charge >= 0.3 is 0 Å². The lowest BCUT2D eigenvalue weighted by atomic mass is 10.2. The molecule has 1 aromatic carbocycles. The number of hydrogen-bond donors (Lipinski definition) is 1. The van der Waals surface area contributed by atoms with Crippen LogP contribution in [-0.2, 0) is 17.1 Å². The molecule has 7 nitrogen and oxygen atoms in total. The summed E-state index contributed by atoms with van der Waals surface area (Å²) < 4.78 is 20.6. The number of amides is 1. The Labute approximate surface area is 147 Å². The van der Waals surface area contributed by atoms with E-state index in [2.05, 4.69) is 20.4 Å². The Bertz CT molecular complexity index is 850.